The Morgan fingerprint density at radius 3 is 2.19 bits per heavy atom. The molecular formula is C28H31N3O. The number of anilines is 1. The quantitative estimate of drug-likeness (QED) is 0.599. The molecule has 1 heterocycles. The Morgan fingerprint density at radius 1 is 0.906 bits per heavy atom. The van der Waals surface area contributed by atoms with E-state index in [9.17, 15) is 4.79 Å². The fraction of sp³-hybridized carbons (Fsp3) is 0.321. The molecule has 1 saturated carbocycles. The third-order valence-corrected chi connectivity index (χ3v) is 7.25. The van der Waals surface area contributed by atoms with Gasteiger partial charge in [0.1, 0.15) is 0 Å². The lowest BCUT2D eigenvalue weighted by Crippen LogP contribution is -2.29. The maximum Gasteiger partial charge on any atom is 0.255 e. The van der Waals surface area contributed by atoms with Crippen molar-refractivity contribution < 1.29 is 4.79 Å². The van der Waals surface area contributed by atoms with Gasteiger partial charge in [0.15, 0.2) is 0 Å². The van der Waals surface area contributed by atoms with Gasteiger partial charge in [-0.3, -0.25) is 4.79 Å². The maximum atomic E-state index is 12.7. The van der Waals surface area contributed by atoms with Crippen molar-refractivity contribution in [2.24, 2.45) is 5.73 Å². The molecular weight excluding hydrogens is 394 g/mol. The Kier molecular flexibility index (Phi) is 5.58. The molecule has 2 aliphatic rings. The highest BCUT2D eigenvalue weighted by molar-refractivity contribution is 6.04. The van der Waals surface area contributed by atoms with Crippen LogP contribution >= 0.6 is 0 Å². The molecule has 4 heteroatoms. The van der Waals surface area contributed by atoms with Crippen molar-refractivity contribution in [1.82, 2.24) is 4.90 Å². The van der Waals surface area contributed by atoms with Gasteiger partial charge in [-0.25, -0.2) is 0 Å². The van der Waals surface area contributed by atoms with Crippen molar-refractivity contribution in [2.45, 2.75) is 36.6 Å². The van der Waals surface area contributed by atoms with Gasteiger partial charge in [-0.2, -0.15) is 0 Å². The minimum Gasteiger partial charge on any atom is -0.322 e. The van der Waals surface area contributed by atoms with Crippen LogP contribution in [0.2, 0.25) is 0 Å². The number of hydrogen-bond acceptors (Lipinski definition) is 3. The zero-order valence-electron chi connectivity index (χ0n) is 18.6. The molecule has 0 spiro atoms. The highest BCUT2D eigenvalue weighted by Gasteiger charge is 2.52. The van der Waals surface area contributed by atoms with E-state index in [-0.39, 0.29) is 11.4 Å². The van der Waals surface area contributed by atoms with E-state index in [0.29, 0.717) is 17.4 Å². The summed E-state index contributed by atoms with van der Waals surface area (Å²) in [6, 6.07) is 26.6. The average molecular weight is 426 g/mol. The van der Waals surface area contributed by atoms with E-state index in [1.165, 1.54) is 29.5 Å². The zero-order chi connectivity index (χ0) is 22.1. The predicted molar refractivity (Wildman–Crippen MR) is 130 cm³/mol. The normalized spacial score (nSPS) is 23.6. The van der Waals surface area contributed by atoms with Gasteiger partial charge in [0.25, 0.3) is 5.91 Å². The lowest BCUT2D eigenvalue weighted by Gasteiger charge is -2.29. The number of nitrogens with one attached hydrogen (secondary N) is 1. The smallest absolute Gasteiger partial charge is 0.255 e. The third-order valence-electron chi connectivity index (χ3n) is 7.25. The van der Waals surface area contributed by atoms with E-state index in [1.807, 2.05) is 42.5 Å². The molecule has 2 unspecified atom stereocenters. The number of carbonyl (C=O) groups excluding carboxylic acids is 1. The maximum absolute atomic E-state index is 12.7. The highest BCUT2D eigenvalue weighted by atomic mass is 16.1. The van der Waals surface area contributed by atoms with Crippen molar-refractivity contribution in [3.63, 3.8) is 0 Å². The summed E-state index contributed by atoms with van der Waals surface area (Å²) in [7, 11) is 2.18. The van der Waals surface area contributed by atoms with Gasteiger partial charge < -0.3 is 16.0 Å². The summed E-state index contributed by atoms with van der Waals surface area (Å²) >= 11 is 0. The number of carbonyl (C=O) groups is 1. The van der Waals surface area contributed by atoms with E-state index in [4.69, 9.17) is 5.73 Å². The Labute approximate surface area is 190 Å². The molecule has 0 bridgehead atoms. The Hall–Kier alpha value is -2.95. The first-order chi connectivity index (χ1) is 15.5. The van der Waals surface area contributed by atoms with Crippen LogP contribution in [0.1, 0.15) is 58.1 Å². The van der Waals surface area contributed by atoms with E-state index in [1.54, 1.807) is 0 Å². The van der Waals surface area contributed by atoms with Crippen LogP contribution in [-0.4, -0.2) is 30.9 Å². The average Bonchev–Trinajstić information content (AvgIpc) is 3.53. The second-order valence-corrected chi connectivity index (χ2v) is 9.44. The van der Waals surface area contributed by atoms with Crippen molar-refractivity contribution >= 4 is 11.6 Å². The summed E-state index contributed by atoms with van der Waals surface area (Å²) in [6.07, 6.45) is 3.32. The number of benzene rings is 3. The Bertz CT molecular complexity index is 1070. The predicted octanol–water partition coefficient (Wildman–Crippen LogP) is 5.09. The molecule has 1 aliphatic heterocycles. The standard InChI is InChI=1S/C28H31N3O/c1-31-17-15-21(16-18-31)20-7-9-23(10-8-20)27(32)30-25-13-11-22(12-14-25)26-19-28(26,29)24-5-3-2-4-6-24/h2-14,21,26H,15-19,29H2,1H3,(H,30,32). The molecule has 1 aliphatic carbocycles. The van der Waals surface area contributed by atoms with Gasteiger partial charge in [-0.15, -0.1) is 0 Å². The van der Waals surface area contributed by atoms with E-state index in [2.05, 4.69) is 53.7 Å². The van der Waals surface area contributed by atoms with E-state index >= 15 is 0 Å². The van der Waals surface area contributed by atoms with Crippen LogP contribution in [0.3, 0.4) is 0 Å². The molecule has 3 aromatic rings. The summed E-state index contributed by atoms with van der Waals surface area (Å²) < 4.78 is 0. The summed E-state index contributed by atoms with van der Waals surface area (Å²) in [5.41, 5.74) is 11.6. The number of nitrogens with zero attached hydrogens (tertiary/aromatic N) is 1. The van der Waals surface area contributed by atoms with Gasteiger partial charge in [0, 0.05) is 22.7 Å². The number of hydrogen-bond donors (Lipinski definition) is 2. The largest absolute Gasteiger partial charge is 0.322 e. The van der Waals surface area contributed by atoms with Crippen molar-refractivity contribution in [3.8, 4) is 0 Å². The SMILES string of the molecule is CN1CCC(c2ccc(C(=O)Nc3ccc(C4CC4(N)c4ccccc4)cc3)cc2)CC1. The van der Waals surface area contributed by atoms with Crippen molar-refractivity contribution in [2.75, 3.05) is 25.5 Å². The molecule has 1 amide bonds. The van der Waals surface area contributed by atoms with Crippen LogP contribution in [0, 0.1) is 0 Å². The molecule has 0 aromatic heterocycles. The van der Waals surface area contributed by atoms with Gasteiger partial charge in [0.2, 0.25) is 0 Å². The molecule has 5 rings (SSSR count). The van der Waals surface area contributed by atoms with Crippen LogP contribution < -0.4 is 11.1 Å². The van der Waals surface area contributed by atoms with Crippen LogP contribution in [0.5, 0.6) is 0 Å². The number of nitrogens with two attached hydrogens (primary N) is 1. The summed E-state index contributed by atoms with van der Waals surface area (Å²) in [5.74, 6) is 0.849. The Balaban J connectivity index is 1.20. The molecule has 164 valence electrons. The molecule has 4 nitrogen and oxygen atoms in total. The molecule has 3 N–H and O–H groups in total. The van der Waals surface area contributed by atoms with Crippen LogP contribution in [0.15, 0.2) is 78.9 Å². The fourth-order valence-electron chi connectivity index (χ4n) is 5.01. The summed E-state index contributed by atoms with van der Waals surface area (Å²) in [5, 5.41) is 3.03. The zero-order valence-corrected chi connectivity index (χ0v) is 18.6. The van der Waals surface area contributed by atoms with E-state index < -0.39 is 0 Å². The molecule has 0 radical (unpaired) electrons. The van der Waals surface area contributed by atoms with Crippen LogP contribution in [0.25, 0.3) is 0 Å². The second kappa shape index (κ2) is 8.53. The van der Waals surface area contributed by atoms with Crippen molar-refractivity contribution in [3.05, 3.63) is 101 Å². The third kappa shape index (κ3) is 4.21. The molecule has 2 fully saturated rings. The number of rotatable bonds is 5. The van der Waals surface area contributed by atoms with Crippen LogP contribution in [0.4, 0.5) is 5.69 Å². The lowest BCUT2D eigenvalue weighted by molar-refractivity contribution is 0.102. The first-order valence-corrected chi connectivity index (χ1v) is 11.6. The molecule has 1 saturated heterocycles. The first-order valence-electron chi connectivity index (χ1n) is 11.6. The van der Waals surface area contributed by atoms with Gasteiger partial charge >= 0.3 is 0 Å². The van der Waals surface area contributed by atoms with Gasteiger partial charge in [0.05, 0.1) is 0 Å². The molecule has 2 atom stereocenters. The second-order valence-electron chi connectivity index (χ2n) is 9.44. The van der Waals surface area contributed by atoms with Gasteiger partial charge in [-0.1, -0.05) is 54.6 Å². The molecule has 3 aromatic carbocycles. The Morgan fingerprint density at radius 2 is 1.53 bits per heavy atom. The summed E-state index contributed by atoms with van der Waals surface area (Å²) in [6.45, 7) is 2.28. The monoisotopic (exact) mass is 425 g/mol. The minimum atomic E-state index is -0.276. The summed E-state index contributed by atoms with van der Waals surface area (Å²) in [4.78, 5) is 15.1. The van der Waals surface area contributed by atoms with Crippen LogP contribution in [-0.2, 0) is 5.54 Å². The fourth-order valence-corrected chi connectivity index (χ4v) is 5.01. The minimum absolute atomic E-state index is 0.0726. The topological polar surface area (TPSA) is 58.4 Å². The highest BCUT2D eigenvalue weighted by Crippen LogP contribution is 2.56. The number of likely N-dealkylation sites (tertiary alicyclic amines) is 1. The number of amides is 1. The molecule has 32 heavy (non-hydrogen) atoms. The number of piperidine rings is 1. The van der Waals surface area contributed by atoms with Crippen molar-refractivity contribution in [1.29, 1.82) is 0 Å². The van der Waals surface area contributed by atoms with E-state index in [0.717, 1.165) is 25.2 Å². The first kappa shape index (κ1) is 20.9. The van der Waals surface area contributed by atoms with Gasteiger partial charge in [-0.05, 0) is 86.3 Å². The lowest BCUT2D eigenvalue weighted by atomic mass is 9.89.